The lowest BCUT2D eigenvalue weighted by atomic mass is 9.93. The first-order valence-electron chi connectivity index (χ1n) is 8.45. The number of morpholine rings is 1. The van der Waals surface area contributed by atoms with Crippen LogP contribution in [0.25, 0.3) is 0 Å². The standard InChI is InChI=1S/C18H24ClNO3/c19-14-7-4-13(5-8-14)6-9-18(22)20-10-11-23-12-16(20)15-2-1-3-17(15)21/h4-5,7-8,15-17,21H,1-3,6,9-12H2/t15-,16-,17+/m1/s1. The molecule has 3 rings (SSSR count). The van der Waals surface area contributed by atoms with Crippen molar-refractivity contribution in [3.63, 3.8) is 0 Å². The van der Waals surface area contributed by atoms with Gasteiger partial charge in [-0.3, -0.25) is 4.79 Å². The summed E-state index contributed by atoms with van der Waals surface area (Å²) in [6.45, 7) is 1.77. The molecule has 23 heavy (non-hydrogen) atoms. The van der Waals surface area contributed by atoms with E-state index in [9.17, 15) is 9.90 Å². The van der Waals surface area contributed by atoms with Crippen molar-refractivity contribution in [3.05, 3.63) is 34.9 Å². The number of rotatable bonds is 4. The highest BCUT2D eigenvalue weighted by Gasteiger charge is 2.39. The fourth-order valence-corrected chi connectivity index (χ4v) is 3.88. The number of halogens is 1. The van der Waals surface area contributed by atoms with Gasteiger partial charge >= 0.3 is 0 Å². The van der Waals surface area contributed by atoms with Crippen LogP contribution in [0, 0.1) is 5.92 Å². The van der Waals surface area contributed by atoms with Crippen LogP contribution in [0.5, 0.6) is 0 Å². The second-order valence-corrected chi connectivity index (χ2v) is 6.95. The number of hydrogen-bond donors (Lipinski definition) is 1. The van der Waals surface area contributed by atoms with E-state index in [0.717, 1.165) is 24.8 Å². The van der Waals surface area contributed by atoms with Gasteiger partial charge in [0.2, 0.25) is 5.91 Å². The Bertz CT molecular complexity index is 534. The molecule has 0 bridgehead atoms. The molecule has 1 amide bonds. The van der Waals surface area contributed by atoms with Crippen LogP contribution in [0.15, 0.2) is 24.3 Å². The third-order valence-corrected chi connectivity index (χ3v) is 5.30. The molecule has 1 heterocycles. The fraction of sp³-hybridized carbons (Fsp3) is 0.611. The molecule has 1 aromatic rings. The van der Waals surface area contributed by atoms with E-state index in [1.165, 1.54) is 0 Å². The van der Waals surface area contributed by atoms with Gasteiger partial charge in [-0.05, 0) is 37.0 Å². The molecular formula is C18H24ClNO3. The van der Waals surface area contributed by atoms with Crippen LogP contribution in [0.3, 0.4) is 0 Å². The quantitative estimate of drug-likeness (QED) is 0.919. The molecule has 1 N–H and O–H groups in total. The normalized spacial score (nSPS) is 28.1. The van der Waals surface area contributed by atoms with Gasteiger partial charge in [0.15, 0.2) is 0 Å². The Labute approximate surface area is 142 Å². The SMILES string of the molecule is O=C(CCc1ccc(Cl)cc1)N1CCOC[C@@H]1[C@H]1CCC[C@@H]1O. The molecule has 0 radical (unpaired) electrons. The van der Waals surface area contributed by atoms with E-state index in [2.05, 4.69) is 0 Å². The van der Waals surface area contributed by atoms with E-state index in [1.807, 2.05) is 29.2 Å². The topological polar surface area (TPSA) is 49.8 Å². The second-order valence-electron chi connectivity index (χ2n) is 6.52. The molecule has 2 fully saturated rings. The fourth-order valence-electron chi connectivity index (χ4n) is 3.75. The Morgan fingerprint density at radius 3 is 2.78 bits per heavy atom. The van der Waals surface area contributed by atoms with Gasteiger partial charge < -0.3 is 14.7 Å². The van der Waals surface area contributed by atoms with Crippen LogP contribution in [0.2, 0.25) is 5.02 Å². The van der Waals surface area contributed by atoms with E-state index in [0.29, 0.717) is 37.6 Å². The average Bonchev–Trinajstić information content (AvgIpc) is 3.00. The van der Waals surface area contributed by atoms with Gasteiger partial charge in [0, 0.05) is 23.9 Å². The second kappa shape index (κ2) is 7.65. The molecule has 1 aromatic carbocycles. The molecule has 1 aliphatic carbocycles. The van der Waals surface area contributed by atoms with Crippen molar-refractivity contribution in [1.82, 2.24) is 4.90 Å². The number of amides is 1. The first kappa shape index (κ1) is 16.7. The number of benzene rings is 1. The molecule has 1 saturated carbocycles. The first-order chi connectivity index (χ1) is 11.1. The zero-order chi connectivity index (χ0) is 16.2. The van der Waals surface area contributed by atoms with Gasteiger partial charge in [0.05, 0.1) is 25.4 Å². The number of aryl methyl sites for hydroxylation is 1. The molecule has 0 spiro atoms. The van der Waals surface area contributed by atoms with Crippen molar-refractivity contribution in [3.8, 4) is 0 Å². The maximum absolute atomic E-state index is 12.7. The number of carbonyl (C=O) groups excluding carboxylic acids is 1. The highest BCUT2D eigenvalue weighted by molar-refractivity contribution is 6.30. The zero-order valence-electron chi connectivity index (χ0n) is 13.3. The molecule has 1 aliphatic heterocycles. The van der Waals surface area contributed by atoms with E-state index in [-0.39, 0.29) is 24.0 Å². The van der Waals surface area contributed by atoms with Crippen molar-refractivity contribution in [2.75, 3.05) is 19.8 Å². The van der Waals surface area contributed by atoms with Crippen LogP contribution < -0.4 is 0 Å². The van der Waals surface area contributed by atoms with Gasteiger partial charge in [0.25, 0.3) is 0 Å². The minimum absolute atomic E-state index is 0.0268. The molecule has 1 saturated heterocycles. The summed E-state index contributed by atoms with van der Waals surface area (Å²) in [7, 11) is 0. The first-order valence-corrected chi connectivity index (χ1v) is 8.82. The summed E-state index contributed by atoms with van der Waals surface area (Å²) >= 11 is 5.89. The molecule has 5 heteroatoms. The van der Waals surface area contributed by atoms with Crippen LogP contribution >= 0.6 is 11.6 Å². The molecule has 126 valence electrons. The molecular weight excluding hydrogens is 314 g/mol. The van der Waals surface area contributed by atoms with Gasteiger partial charge in [0.1, 0.15) is 0 Å². The lowest BCUT2D eigenvalue weighted by Crippen LogP contribution is -2.53. The predicted octanol–water partition coefficient (Wildman–Crippen LogP) is 2.66. The Morgan fingerprint density at radius 2 is 2.09 bits per heavy atom. The van der Waals surface area contributed by atoms with Gasteiger partial charge in [-0.1, -0.05) is 30.2 Å². The largest absolute Gasteiger partial charge is 0.393 e. The summed E-state index contributed by atoms with van der Waals surface area (Å²) in [5, 5.41) is 10.9. The number of nitrogens with zero attached hydrogens (tertiary/aromatic N) is 1. The monoisotopic (exact) mass is 337 g/mol. The Morgan fingerprint density at radius 1 is 1.30 bits per heavy atom. The van der Waals surface area contributed by atoms with Crippen LogP contribution in [0.1, 0.15) is 31.2 Å². The summed E-state index contributed by atoms with van der Waals surface area (Å²) in [5.41, 5.74) is 1.12. The minimum atomic E-state index is -0.298. The van der Waals surface area contributed by atoms with Crippen LogP contribution in [0.4, 0.5) is 0 Å². The number of aliphatic hydroxyl groups excluding tert-OH is 1. The number of carbonyl (C=O) groups is 1. The third-order valence-electron chi connectivity index (χ3n) is 5.05. The minimum Gasteiger partial charge on any atom is -0.393 e. The zero-order valence-corrected chi connectivity index (χ0v) is 14.0. The maximum Gasteiger partial charge on any atom is 0.223 e. The average molecular weight is 338 g/mol. The summed E-state index contributed by atoms with van der Waals surface area (Å²) in [5.74, 6) is 0.321. The lowest BCUT2D eigenvalue weighted by molar-refractivity contribution is -0.143. The van der Waals surface area contributed by atoms with E-state index < -0.39 is 0 Å². The smallest absolute Gasteiger partial charge is 0.223 e. The van der Waals surface area contributed by atoms with Crippen molar-refractivity contribution >= 4 is 17.5 Å². The van der Waals surface area contributed by atoms with Crippen molar-refractivity contribution < 1.29 is 14.6 Å². The van der Waals surface area contributed by atoms with E-state index in [4.69, 9.17) is 16.3 Å². The Hall–Kier alpha value is -1.10. The summed E-state index contributed by atoms with van der Waals surface area (Å²) in [4.78, 5) is 14.6. The Balaban J connectivity index is 1.60. The predicted molar refractivity (Wildman–Crippen MR) is 89.4 cm³/mol. The lowest BCUT2D eigenvalue weighted by Gasteiger charge is -2.40. The maximum atomic E-state index is 12.7. The van der Waals surface area contributed by atoms with Crippen LogP contribution in [-0.2, 0) is 16.0 Å². The highest BCUT2D eigenvalue weighted by Crippen LogP contribution is 2.32. The summed E-state index contributed by atoms with van der Waals surface area (Å²) in [6, 6.07) is 7.67. The molecule has 2 aliphatic rings. The third kappa shape index (κ3) is 4.06. The van der Waals surface area contributed by atoms with Gasteiger partial charge in [-0.25, -0.2) is 0 Å². The van der Waals surface area contributed by atoms with E-state index >= 15 is 0 Å². The Kier molecular flexibility index (Phi) is 5.57. The van der Waals surface area contributed by atoms with Gasteiger partial charge in [-0.2, -0.15) is 0 Å². The molecule has 3 atom stereocenters. The summed E-state index contributed by atoms with van der Waals surface area (Å²) < 4.78 is 5.58. The van der Waals surface area contributed by atoms with Gasteiger partial charge in [-0.15, -0.1) is 0 Å². The van der Waals surface area contributed by atoms with Crippen molar-refractivity contribution in [2.24, 2.45) is 5.92 Å². The molecule has 0 unspecified atom stereocenters. The highest BCUT2D eigenvalue weighted by atomic mass is 35.5. The summed E-state index contributed by atoms with van der Waals surface area (Å²) in [6.07, 6.45) is 3.77. The number of aliphatic hydroxyl groups is 1. The van der Waals surface area contributed by atoms with Crippen molar-refractivity contribution in [1.29, 1.82) is 0 Å². The molecule has 0 aromatic heterocycles. The number of hydrogen-bond acceptors (Lipinski definition) is 3. The van der Waals surface area contributed by atoms with Crippen molar-refractivity contribution in [2.45, 2.75) is 44.2 Å². The van der Waals surface area contributed by atoms with E-state index in [1.54, 1.807) is 0 Å². The van der Waals surface area contributed by atoms with Crippen LogP contribution in [-0.4, -0.2) is 47.8 Å². The number of ether oxygens (including phenoxy) is 1. The molecule has 4 nitrogen and oxygen atoms in total.